The van der Waals surface area contributed by atoms with Crippen LogP contribution in [0.4, 0.5) is 5.82 Å². The van der Waals surface area contributed by atoms with Gasteiger partial charge in [0.05, 0.1) is 22.6 Å². The van der Waals surface area contributed by atoms with Gasteiger partial charge in [-0.25, -0.2) is 0 Å². The van der Waals surface area contributed by atoms with Crippen LogP contribution in [0.2, 0.25) is 0 Å². The second-order valence-corrected chi connectivity index (χ2v) is 8.15. The van der Waals surface area contributed by atoms with Crippen molar-refractivity contribution in [3.63, 3.8) is 0 Å². The fourth-order valence-corrected chi connectivity index (χ4v) is 5.10. The molecular formula is C19H23N3O3S. The molecule has 4 rings (SSSR count). The van der Waals surface area contributed by atoms with Crippen molar-refractivity contribution in [2.45, 2.75) is 49.8 Å². The molecule has 1 atom stereocenters. The van der Waals surface area contributed by atoms with Gasteiger partial charge in [-0.3, -0.25) is 19.4 Å². The van der Waals surface area contributed by atoms with E-state index in [1.54, 1.807) is 18.2 Å². The minimum absolute atomic E-state index is 0.0970. The number of phenolic OH excluding ortho intramolecular Hbond substituents is 1. The monoisotopic (exact) mass is 373 g/mol. The molecule has 2 heterocycles. The topological polar surface area (TPSA) is 87.1 Å². The quantitative estimate of drug-likeness (QED) is 0.703. The molecule has 0 saturated heterocycles. The third-order valence-electron chi connectivity index (χ3n) is 5.23. The van der Waals surface area contributed by atoms with Gasteiger partial charge >= 0.3 is 0 Å². The van der Waals surface area contributed by atoms with Crippen LogP contribution in [0.15, 0.2) is 29.1 Å². The number of hydrogen-bond donors (Lipinski definition) is 3. The number of phenols is 1. The number of anilines is 1. The first kappa shape index (κ1) is 17.3. The van der Waals surface area contributed by atoms with E-state index in [9.17, 15) is 14.7 Å². The van der Waals surface area contributed by atoms with E-state index >= 15 is 0 Å². The molecule has 1 aromatic heterocycles. The Labute approximate surface area is 156 Å². The number of aromatic amines is 1. The van der Waals surface area contributed by atoms with E-state index in [1.165, 1.54) is 24.6 Å². The highest BCUT2D eigenvalue weighted by Gasteiger charge is 2.32. The molecule has 2 aliphatic rings. The highest BCUT2D eigenvalue weighted by molar-refractivity contribution is 8.00. The van der Waals surface area contributed by atoms with Crippen LogP contribution in [0.5, 0.6) is 5.75 Å². The Hall–Kier alpha value is -2.15. The van der Waals surface area contributed by atoms with Crippen molar-refractivity contribution in [3.8, 4) is 5.75 Å². The number of benzene rings is 1. The molecule has 7 heteroatoms. The average Bonchev–Trinajstić information content (AvgIpc) is 2.83. The van der Waals surface area contributed by atoms with Crippen LogP contribution in [0.3, 0.4) is 0 Å². The largest absolute Gasteiger partial charge is 0.508 e. The molecule has 0 radical (unpaired) electrons. The molecule has 0 bridgehead atoms. The van der Waals surface area contributed by atoms with Crippen LogP contribution in [-0.2, 0) is 4.79 Å². The summed E-state index contributed by atoms with van der Waals surface area (Å²) in [4.78, 5) is 25.1. The summed E-state index contributed by atoms with van der Waals surface area (Å²) in [6.07, 6.45) is 6.74. The van der Waals surface area contributed by atoms with Gasteiger partial charge in [-0.2, -0.15) is 0 Å². The van der Waals surface area contributed by atoms with Crippen molar-refractivity contribution in [3.05, 3.63) is 45.7 Å². The van der Waals surface area contributed by atoms with Gasteiger partial charge in [0.25, 0.3) is 5.56 Å². The maximum Gasteiger partial charge on any atom is 0.270 e. The summed E-state index contributed by atoms with van der Waals surface area (Å²) >= 11 is 1.42. The summed E-state index contributed by atoms with van der Waals surface area (Å²) in [5.41, 5.74) is 1.25. The lowest BCUT2D eigenvalue weighted by atomic mass is 10.1. The fraction of sp³-hybridized carbons (Fsp3) is 0.474. The summed E-state index contributed by atoms with van der Waals surface area (Å²) in [6.45, 7) is 0. The molecular weight excluding hydrogens is 350 g/mol. The second kappa shape index (κ2) is 7.23. The smallest absolute Gasteiger partial charge is 0.270 e. The van der Waals surface area contributed by atoms with Gasteiger partial charge in [0, 0.05) is 0 Å². The predicted molar refractivity (Wildman–Crippen MR) is 103 cm³/mol. The Morgan fingerprint density at radius 1 is 1.12 bits per heavy atom. The minimum Gasteiger partial charge on any atom is -0.508 e. The third-order valence-corrected chi connectivity index (χ3v) is 6.50. The summed E-state index contributed by atoms with van der Waals surface area (Å²) in [7, 11) is 0. The van der Waals surface area contributed by atoms with Crippen molar-refractivity contribution in [1.29, 1.82) is 0 Å². The van der Waals surface area contributed by atoms with E-state index in [0.717, 1.165) is 31.2 Å². The van der Waals surface area contributed by atoms with Crippen LogP contribution in [0.25, 0.3) is 0 Å². The molecule has 6 nitrogen and oxygen atoms in total. The van der Waals surface area contributed by atoms with Crippen molar-refractivity contribution in [2.24, 2.45) is 0 Å². The van der Waals surface area contributed by atoms with E-state index < -0.39 is 0 Å². The van der Waals surface area contributed by atoms with Gasteiger partial charge in [-0.15, -0.1) is 11.8 Å². The number of rotatable bonds is 2. The first-order valence-electron chi connectivity index (χ1n) is 9.18. The zero-order chi connectivity index (χ0) is 18.1. The second-order valence-electron chi connectivity index (χ2n) is 7.05. The van der Waals surface area contributed by atoms with Gasteiger partial charge in [0.1, 0.15) is 11.6 Å². The van der Waals surface area contributed by atoms with E-state index in [1.807, 2.05) is 10.7 Å². The van der Waals surface area contributed by atoms with Crippen LogP contribution in [0.1, 0.15) is 60.9 Å². The number of amides is 1. The van der Waals surface area contributed by atoms with Crippen molar-refractivity contribution in [1.82, 2.24) is 9.78 Å². The molecule has 3 N–H and O–H groups in total. The zero-order valence-electron chi connectivity index (χ0n) is 14.5. The van der Waals surface area contributed by atoms with Crippen molar-refractivity contribution >= 4 is 23.5 Å². The van der Waals surface area contributed by atoms with Gasteiger partial charge in [-0.05, 0) is 30.5 Å². The van der Waals surface area contributed by atoms with E-state index in [2.05, 4.69) is 10.4 Å². The molecule has 138 valence electrons. The lowest BCUT2D eigenvalue weighted by Crippen LogP contribution is -2.19. The summed E-state index contributed by atoms with van der Waals surface area (Å²) in [6, 6.07) is 7.14. The minimum atomic E-state index is -0.285. The highest BCUT2D eigenvalue weighted by Crippen LogP contribution is 2.42. The van der Waals surface area contributed by atoms with Gasteiger partial charge < -0.3 is 10.4 Å². The number of aromatic hydroxyl groups is 1. The Balaban J connectivity index is 1.81. The van der Waals surface area contributed by atoms with Crippen LogP contribution < -0.4 is 10.9 Å². The molecule has 0 unspecified atom stereocenters. The molecule has 1 amide bonds. The Bertz CT molecular complexity index is 865. The molecule has 26 heavy (non-hydrogen) atoms. The number of H-pyrrole nitrogens is 1. The number of nitrogens with one attached hydrogen (secondary N) is 2. The molecule has 1 aromatic carbocycles. The first-order valence-corrected chi connectivity index (χ1v) is 10.2. The highest BCUT2D eigenvalue weighted by atomic mass is 32.2. The number of thioether (sulfide) groups is 1. The van der Waals surface area contributed by atoms with E-state index in [4.69, 9.17) is 0 Å². The van der Waals surface area contributed by atoms with Crippen molar-refractivity contribution < 1.29 is 9.90 Å². The van der Waals surface area contributed by atoms with E-state index in [0.29, 0.717) is 11.4 Å². The summed E-state index contributed by atoms with van der Waals surface area (Å²) in [5.74, 6) is 0.942. The van der Waals surface area contributed by atoms with Crippen LogP contribution in [-0.4, -0.2) is 26.5 Å². The lowest BCUT2D eigenvalue weighted by Gasteiger charge is -2.19. The van der Waals surface area contributed by atoms with E-state index in [-0.39, 0.29) is 34.3 Å². The van der Waals surface area contributed by atoms with Gasteiger partial charge in [0.2, 0.25) is 5.91 Å². The molecule has 1 saturated carbocycles. The van der Waals surface area contributed by atoms with Gasteiger partial charge in [0.15, 0.2) is 0 Å². The summed E-state index contributed by atoms with van der Waals surface area (Å²) < 4.78 is 1.89. The first-order chi connectivity index (χ1) is 12.6. The van der Waals surface area contributed by atoms with Crippen molar-refractivity contribution in [2.75, 3.05) is 11.1 Å². The van der Waals surface area contributed by atoms with Gasteiger partial charge in [-0.1, -0.05) is 37.8 Å². The third kappa shape index (κ3) is 3.28. The number of nitrogens with zero attached hydrogens (tertiary/aromatic N) is 1. The zero-order valence-corrected chi connectivity index (χ0v) is 15.3. The number of aromatic nitrogens is 2. The maximum atomic E-state index is 12.8. The molecule has 1 aliphatic carbocycles. The number of fused-ring (bicyclic) bond motifs is 1. The molecule has 0 spiro atoms. The number of carbonyl (C=O) groups is 1. The standard InChI is InChI=1S/C19H23N3O3S/c23-14-9-5-6-12(10-14)17-16-18(20-15(24)11-26-17)22(21-19(16)25)13-7-3-1-2-4-8-13/h5-6,9-10,13,17,23H,1-4,7-8,11H2,(H,20,24)(H,21,25)/t17-/m0/s1. The Kier molecular flexibility index (Phi) is 4.80. The lowest BCUT2D eigenvalue weighted by molar-refractivity contribution is -0.113. The fourth-order valence-electron chi connectivity index (χ4n) is 3.98. The number of carbonyl (C=O) groups excluding carboxylic acids is 1. The number of hydrogen-bond acceptors (Lipinski definition) is 4. The summed E-state index contributed by atoms with van der Waals surface area (Å²) in [5, 5.41) is 15.5. The Morgan fingerprint density at radius 3 is 2.62 bits per heavy atom. The molecule has 2 aromatic rings. The SMILES string of the molecule is O=C1CS[C@@H](c2cccc(O)c2)c2c(n(C3CCCCCC3)[nH]c2=O)N1. The van der Waals surface area contributed by atoms with Crippen LogP contribution >= 0.6 is 11.8 Å². The molecule has 1 fully saturated rings. The average molecular weight is 373 g/mol. The predicted octanol–water partition coefficient (Wildman–Crippen LogP) is 3.55. The maximum absolute atomic E-state index is 12.8. The Morgan fingerprint density at radius 2 is 1.88 bits per heavy atom. The molecule has 1 aliphatic heterocycles. The normalized spacial score (nSPS) is 21.5. The van der Waals surface area contributed by atoms with Crippen LogP contribution in [0, 0.1) is 0 Å².